The predicted octanol–water partition coefficient (Wildman–Crippen LogP) is 0.897. The molecule has 0 aromatic carbocycles. The van der Waals surface area contributed by atoms with Gasteiger partial charge in [-0.25, -0.2) is 9.78 Å². The number of esters is 1. The maximum atomic E-state index is 11.3. The Labute approximate surface area is 93.2 Å². The van der Waals surface area contributed by atoms with Crippen LogP contribution in [-0.4, -0.2) is 39.3 Å². The molecule has 6 heteroatoms. The molecule has 0 aliphatic carbocycles. The Balaban J connectivity index is 2.71. The molecule has 84 valence electrons. The molecule has 0 spiro atoms. The molecular formula is C9H15N3O2S. The van der Waals surface area contributed by atoms with E-state index in [2.05, 4.69) is 10.1 Å². The average Bonchev–Trinajstić information content (AvgIpc) is 2.57. The summed E-state index contributed by atoms with van der Waals surface area (Å²) in [6.07, 6.45) is 2.84. The zero-order chi connectivity index (χ0) is 11.3. The van der Waals surface area contributed by atoms with E-state index >= 15 is 0 Å². The van der Waals surface area contributed by atoms with Gasteiger partial charge in [-0.15, -0.1) is 5.10 Å². The van der Waals surface area contributed by atoms with Crippen LogP contribution in [0.25, 0.3) is 0 Å². The molecule has 0 fully saturated rings. The lowest BCUT2D eigenvalue weighted by Crippen LogP contribution is -2.07. The summed E-state index contributed by atoms with van der Waals surface area (Å²) in [5, 5.41) is 4.00. The van der Waals surface area contributed by atoms with Gasteiger partial charge >= 0.3 is 5.97 Å². The number of thioether (sulfide) groups is 1. The highest BCUT2D eigenvalue weighted by atomic mass is 32.2. The van der Waals surface area contributed by atoms with E-state index in [9.17, 15) is 4.79 Å². The molecule has 1 rings (SSSR count). The van der Waals surface area contributed by atoms with Gasteiger partial charge in [0.15, 0.2) is 0 Å². The first-order chi connectivity index (χ1) is 7.19. The molecule has 0 unspecified atom stereocenters. The van der Waals surface area contributed by atoms with Crippen molar-refractivity contribution in [3.8, 4) is 0 Å². The summed E-state index contributed by atoms with van der Waals surface area (Å²) < 4.78 is 6.45. The quantitative estimate of drug-likeness (QED) is 0.702. The van der Waals surface area contributed by atoms with Crippen molar-refractivity contribution in [3.63, 3.8) is 0 Å². The monoisotopic (exact) mass is 229 g/mol. The molecule has 0 amide bonds. The van der Waals surface area contributed by atoms with Gasteiger partial charge in [0, 0.05) is 19.2 Å². The zero-order valence-corrected chi connectivity index (χ0v) is 10.0. The van der Waals surface area contributed by atoms with E-state index in [0.717, 1.165) is 18.0 Å². The van der Waals surface area contributed by atoms with E-state index in [1.807, 2.05) is 6.26 Å². The molecule has 0 N–H and O–H groups in total. The number of hydrogen-bond acceptors (Lipinski definition) is 5. The van der Waals surface area contributed by atoms with E-state index in [1.165, 1.54) is 0 Å². The highest BCUT2D eigenvalue weighted by Crippen LogP contribution is 2.03. The van der Waals surface area contributed by atoms with E-state index in [-0.39, 0.29) is 5.82 Å². The fraction of sp³-hybridized carbons (Fsp3) is 0.667. The van der Waals surface area contributed by atoms with Gasteiger partial charge in [0.25, 0.3) is 5.82 Å². The summed E-state index contributed by atoms with van der Waals surface area (Å²) in [4.78, 5) is 15.4. The molecule has 15 heavy (non-hydrogen) atoms. The molecule has 0 saturated carbocycles. The smallest absolute Gasteiger partial charge is 0.378 e. The normalized spacial score (nSPS) is 10.3. The summed E-state index contributed by atoms with van der Waals surface area (Å²) in [7, 11) is 1.78. The molecule has 1 heterocycles. The molecule has 5 nitrogen and oxygen atoms in total. The Morgan fingerprint density at radius 3 is 2.93 bits per heavy atom. The van der Waals surface area contributed by atoms with Crippen molar-refractivity contribution in [2.24, 2.45) is 7.05 Å². The van der Waals surface area contributed by atoms with Gasteiger partial charge in [0.2, 0.25) is 0 Å². The van der Waals surface area contributed by atoms with Gasteiger partial charge in [-0.2, -0.15) is 11.8 Å². The highest BCUT2D eigenvalue weighted by Gasteiger charge is 2.15. The first kappa shape index (κ1) is 12.0. The highest BCUT2D eigenvalue weighted by molar-refractivity contribution is 7.98. The van der Waals surface area contributed by atoms with Crippen LogP contribution in [0.4, 0.5) is 0 Å². The molecule has 0 saturated heterocycles. The second-order valence-electron chi connectivity index (χ2n) is 2.94. The number of aromatic nitrogens is 3. The van der Waals surface area contributed by atoms with Crippen LogP contribution >= 0.6 is 11.8 Å². The number of nitrogens with zero attached hydrogens (tertiary/aromatic N) is 3. The average molecular weight is 229 g/mol. The Kier molecular flexibility index (Phi) is 4.61. The van der Waals surface area contributed by atoms with E-state index in [0.29, 0.717) is 6.61 Å². The topological polar surface area (TPSA) is 57.0 Å². The molecule has 0 aliphatic heterocycles. The van der Waals surface area contributed by atoms with Crippen molar-refractivity contribution < 1.29 is 9.53 Å². The first-order valence-electron chi connectivity index (χ1n) is 4.75. The van der Waals surface area contributed by atoms with Crippen molar-refractivity contribution in [1.82, 2.24) is 14.8 Å². The fourth-order valence-corrected chi connectivity index (χ4v) is 1.50. The first-order valence-corrected chi connectivity index (χ1v) is 6.14. The minimum absolute atomic E-state index is 0.149. The van der Waals surface area contributed by atoms with Crippen LogP contribution in [0.15, 0.2) is 0 Å². The van der Waals surface area contributed by atoms with Crippen LogP contribution < -0.4 is 0 Å². The van der Waals surface area contributed by atoms with Crippen LogP contribution in [0.1, 0.15) is 23.4 Å². The van der Waals surface area contributed by atoms with Crippen molar-refractivity contribution in [2.75, 3.05) is 18.6 Å². The predicted molar refractivity (Wildman–Crippen MR) is 59.0 cm³/mol. The summed E-state index contributed by atoms with van der Waals surface area (Å²) >= 11 is 1.74. The fourth-order valence-electron chi connectivity index (χ4n) is 1.11. The number of hydrogen-bond donors (Lipinski definition) is 0. The van der Waals surface area contributed by atoms with Gasteiger partial charge in [0.05, 0.1) is 6.61 Å². The molecular weight excluding hydrogens is 214 g/mol. The maximum absolute atomic E-state index is 11.3. The zero-order valence-electron chi connectivity index (χ0n) is 9.19. The lowest BCUT2D eigenvalue weighted by Gasteiger charge is -1.95. The third-order valence-corrected chi connectivity index (χ3v) is 2.45. The summed E-state index contributed by atoms with van der Waals surface area (Å²) in [5.41, 5.74) is 0. The van der Waals surface area contributed by atoms with Gasteiger partial charge in [0.1, 0.15) is 5.82 Å². The van der Waals surface area contributed by atoms with E-state index in [4.69, 9.17) is 4.74 Å². The maximum Gasteiger partial charge on any atom is 0.378 e. The number of rotatable bonds is 5. The number of carbonyl (C=O) groups is 1. The van der Waals surface area contributed by atoms with Crippen molar-refractivity contribution in [2.45, 2.75) is 13.3 Å². The summed E-state index contributed by atoms with van der Waals surface area (Å²) in [6, 6.07) is 0. The standard InChI is InChI=1S/C9H15N3O2S/c1-4-14-9(13)8-10-7(5-6-15-3)12(2)11-8/h4-6H2,1-3H3. The van der Waals surface area contributed by atoms with Crippen molar-refractivity contribution in [1.29, 1.82) is 0 Å². The van der Waals surface area contributed by atoms with E-state index < -0.39 is 5.97 Å². The van der Waals surface area contributed by atoms with Crippen LogP contribution in [0, 0.1) is 0 Å². The van der Waals surface area contributed by atoms with Crippen LogP contribution in [0.3, 0.4) is 0 Å². The lowest BCUT2D eigenvalue weighted by atomic mass is 10.4. The minimum Gasteiger partial charge on any atom is -0.460 e. The largest absolute Gasteiger partial charge is 0.460 e. The number of ether oxygens (including phenoxy) is 1. The minimum atomic E-state index is -0.455. The van der Waals surface area contributed by atoms with Crippen molar-refractivity contribution >= 4 is 17.7 Å². The molecule has 0 radical (unpaired) electrons. The second kappa shape index (κ2) is 5.75. The van der Waals surface area contributed by atoms with Gasteiger partial charge in [-0.1, -0.05) is 0 Å². The number of carbonyl (C=O) groups excluding carboxylic acids is 1. The molecule has 1 aromatic rings. The van der Waals surface area contributed by atoms with Gasteiger partial charge in [-0.3, -0.25) is 4.68 Å². The summed E-state index contributed by atoms with van der Waals surface area (Å²) in [5.74, 6) is 1.47. The molecule has 0 atom stereocenters. The van der Waals surface area contributed by atoms with Crippen LogP contribution in [0.2, 0.25) is 0 Å². The van der Waals surface area contributed by atoms with Crippen LogP contribution in [0.5, 0.6) is 0 Å². The van der Waals surface area contributed by atoms with Crippen molar-refractivity contribution in [3.05, 3.63) is 11.6 Å². The third kappa shape index (κ3) is 3.23. The Hall–Kier alpha value is -1.04. The van der Waals surface area contributed by atoms with E-state index in [1.54, 1.807) is 30.4 Å². The van der Waals surface area contributed by atoms with Gasteiger partial charge < -0.3 is 4.74 Å². The lowest BCUT2D eigenvalue weighted by molar-refractivity contribution is 0.0512. The second-order valence-corrected chi connectivity index (χ2v) is 3.92. The third-order valence-electron chi connectivity index (χ3n) is 1.84. The Morgan fingerprint density at radius 1 is 1.60 bits per heavy atom. The summed E-state index contributed by atoms with van der Waals surface area (Å²) in [6.45, 7) is 2.10. The Bertz CT molecular complexity index is 338. The molecule has 0 aliphatic rings. The Morgan fingerprint density at radius 2 is 2.33 bits per heavy atom. The number of aryl methyl sites for hydroxylation is 2. The molecule has 1 aromatic heterocycles. The SMILES string of the molecule is CCOC(=O)c1nc(CCSC)n(C)n1. The molecule has 0 bridgehead atoms. The van der Waals surface area contributed by atoms with Crippen LogP contribution in [-0.2, 0) is 18.2 Å². The van der Waals surface area contributed by atoms with Gasteiger partial charge in [-0.05, 0) is 13.2 Å².